The topological polar surface area (TPSA) is 54.0 Å². The predicted molar refractivity (Wildman–Crippen MR) is 105 cm³/mol. The molecule has 26 heavy (non-hydrogen) atoms. The van der Waals surface area contributed by atoms with Crippen LogP contribution >= 0.6 is 0 Å². The van der Waals surface area contributed by atoms with Crippen molar-refractivity contribution >= 4 is 5.97 Å². The first-order valence-electron chi connectivity index (χ1n) is 9.10. The molecule has 0 spiro atoms. The van der Waals surface area contributed by atoms with Crippen molar-refractivity contribution in [3.63, 3.8) is 0 Å². The van der Waals surface area contributed by atoms with Crippen LogP contribution in [0, 0.1) is 20.8 Å². The van der Waals surface area contributed by atoms with Crippen LogP contribution in [0.3, 0.4) is 0 Å². The van der Waals surface area contributed by atoms with Gasteiger partial charge in [-0.15, -0.1) is 0 Å². The van der Waals surface area contributed by atoms with E-state index >= 15 is 0 Å². The number of esters is 1. The third-order valence-corrected chi connectivity index (χ3v) is 3.26. The van der Waals surface area contributed by atoms with E-state index < -0.39 is 5.97 Å². The molecule has 0 amide bonds. The Bertz CT molecular complexity index is 528. The zero-order chi connectivity index (χ0) is 19.9. The summed E-state index contributed by atoms with van der Waals surface area (Å²) in [5, 5.41) is 0. The maximum absolute atomic E-state index is 11.1. The Labute approximate surface area is 158 Å². The number of ether oxygens (including phenoxy) is 4. The first-order valence-corrected chi connectivity index (χ1v) is 9.10. The highest BCUT2D eigenvalue weighted by molar-refractivity contribution is 5.86. The van der Waals surface area contributed by atoms with Crippen molar-refractivity contribution in [2.24, 2.45) is 0 Å². The van der Waals surface area contributed by atoms with Crippen LogP contribution in [-0.2, 0) is 19.0 Å². The van der Waals surface area contributed by atoms with Crippen molar-refractivity contribution < 1.29 is 23.7 Å². The molecule has 1 aromatic rings. The maximum atomic E-state index is 11.1. The Morgan fingerprint density at radius 1 is 0.885 bits per heavy atom. The average molecular weight is 366 g/mol. The first kappa shape index (κ1) is 24.1. The standard InChI is InChI=1S/C19H28O5.C2H6/c1-14(2)19(20)24-11-9-22-7-6-21-8-10-23-18-16(4)12-15(3)13-17(18)5;1-2/h12-13H,1,6-11H2,2-5H3;1-2H3. The summed E-state index contributed by atoms with van der Waals surface area (Å²) in [6.45, 7) is 17.8. The van der Waals surface area contributed by atoms with Gasteiger partial charge in [-0.1, -0.05) is 38.1 Å². The summed E-state index contributed by atoms with van der Waals surface area (Å²) >= 11 is 0. The van der Waals surface area contributed by atoms with Gasteiger partial charge in [-0.25, -0.2) is 4.79 Å². The summed E-state index contributed by atoms with van der Waals surface area (Å²) in [6.07, 6.45) is 0. The quantitative estimate of drug-likeness (QED) is 0.334. The van der Waals surface area contributed by atoms with E-state index in [1.165, 1.54) is 5.56 Å². The highest BCUT2D eigenvalue weighted by Gasteiger charge is 2.05. The molecule has 5 nitrogen and oxygen atoms in total. The van der Waals surface area contributed by atoms with Gasteiger partial charge in [0, 0.05) is 5.57 Å². The molecular formula is C21H34O5. The fraction of sp³-hybridized carbons (Fsp3) is 0.571. The Balaban J connectivity index is 0.00000301. The summed E-state index contributed by atoms with van der Waals surface area (Å²) in [4.78, 5) is 11.1. The smallest absolute Gasteiger partial charge is 0.333 e. The molecule has 148 valence electrons. The van der Waals surface area contributed by atoms with Crippen LogP contribution in [0.5, 0.6) is 5.75 Å². The van der Waals surface area contributed by atoms with E-state index in [0.29, 0.717) is 38.6 Å². The summed E-state index contributed by atoms with van der Waals surface area (Å²) in [5.74, 6) is 0.536. The van der Waals surface area contributed by atoms with Gasteiger partial charge in [0.25, 0.3) is 0 Å². The van der Waals surface area contributed by atoms with Crippen LogP contribution < -0.4 is 4.74 Å². The second kappa shape index (κ2) is 14.3. The van der Waals surface area contributed by atoms with Crippen LogP contribution in [0.15, 0.2) is 24.3 Å². The molecule has 0 N–H and O–H groups in total. The molecule has 0 heterocycles. The van der Waals surface area contributed by atoms with Crippen molar-refractivity contribution in [1.82, 2.24) is 0 Å². The zero-order valence-corrected chi connectivity index (χ0v) is 17.1. The summed E-state index contributed by atoms with van der Waals surface area (Å²) < 4.78 is 21.4. The van der Waals surface area contributed by atoms with Crippen molar-refractivity contribution in [2.45, 2.75) is 41.5 Å². The first-order chi connectivity index (χ1) is 12.4. The Kier molecular flexibility index (Phi) is 13.3. The molecule has 1 rings (SSSR count). The molecule has 0 atom stereocenters. The number of benzene rings is 1. The molecule has 0 bridgehead atoms. The van der Waals surface area contributed by atoms with Gasteiger partial charge in [-0.2, -0.15) is 0 Å². The monoisotopic (exact) mass is 366 g/mol. The Morgan fingerprint density at radius 2 is 1.35 bits per heavy atom. The molecule has 0 radical (unpaired) electrons. The van der Waals surface area contributed by atoms with E-state index in [1.54, 1.807) is 6.92 Å². The average Bonchev–Trinajstić information content (AvgIpc) is 2.59. The van der Waals surface area contributed by atoms with E-state index in [0.717, 1.165) is 16.9 Å². The summed E-state index contributed by atoms with van der Waals surface area (Å²) in [5.41, 5.74) is 3.90. The van der Waals surface area contributed by atoms with Gasteiger partial charge < -0.3 is 18.9 Å². The lowest BCUT2D eigenvalue weighted by molar-refractivity contribution is -0.140. The van der Waals surface area contributed by atoms with E-state index in [-0.39, 0.29) is 6.61 Å². The number of rotatable bonds is 11. The van der Waals surface area contributed by atoms with E-state index in [9.17, 15) is 4.79 Å². The molecule has 1 aromatic carbocycles. The third-order valence-electron chi connectivity index (χ3n) is 3.26. The van der Waals surface area contributed by atoms with E-state index in [1.807, 2.05) is 27.7 Å². The lowest BCUT2D eigenvalue weighted by atomic mass is 10.1. The van der Waals surface area contributed by atoms with Gasteiger partial charge in [0.2, 0.25) is 0 Å². The van der Waals surface area contributed by atoms with Gasteiger partial charge in [0.05, 0.1) is 26.4 Å². The largest absolute Gasteiger partial charge is 0.491 e. The second-order valence-electron chi connectivity index (χ2n) is 5.72. The molecule has 0 aliphatic carbocycles. The Morgan fingerprint density at radius 3 is 1.85 bits per heavy atom. The van der Waals surface area contributed by atoms with E-state index in [4.69, 9.17) is 18.9 Å². The maximum Gasteiger partial charge on any atom is 0.333 e. The molecule has 5 heteroatoms. The summed E-state index contributed by atoms with van der Waals surface area (Å²) in [6, 6.07) is 4.22. The minimum Gasteiger partial charge on any atom is -0.491 e. The normalized spacial score (nSPS) is 9.92. The number of aryl methyl sites for hydroxylation is 3. The zero-order valence-electron chi connectivity index (χ0n) is 17.1. The molecule has 0 saturated heterocycles. The summed E-state index contributed by atoms with van der Waals surface area (Å²) in [7, 11) is 0. The molecule has 0 aromatic heterocycles. The minimum atomic E-state index is -0.395. The van der Waals surface area contributed by atoms with Crippen molar-refractivity contribution in [3.8, 4) is 5.75 Å². The second-order valence-corrected chi connectivity index (χ2v) is 5.72. The van der Waals surface area contributed by atoms with E-state index in [2.05, 4.69) is 25.6 Å². The SMILES string of the molecule is C=C(C)C(=O)OCCOCCOCCOc1c(C)cc(C)cc1C.CC. The number of carbonyl (C=O) groups is 1. The predicted octanol–water partition coefficient (Wildman–Crippen LogP) is 4.17. The molecule has 0 aliphatic rings. The Hall–Kier alpha value is -1.85. The number of hydrogen-bond donors (Lipinski definition) is 0. The van der Waals surface area contributed by atoms with Crippen LogP contribution in [0.25, 0.3) is 0 Å². The molecular weight excluding hydrogens is 332 g/mol. The molecule has 0 fully saturated rings. The van der Waals surface area contributed by atoms with Gasteiger partial charge in [-0.3, -0.25) is 0 Å². The number of carbonyl (C=O) groups excluding carboxylic acids is 1. The molecule has 0 saturated carbocycles. The van der Waals surface area contributed by atoms with Crippen LogP contribution in [0.2, 0.25) is 0 Å². The van der Waals surface area contributed by atoms with Gasteiger partial charge in [0.1, 0.15) is 19.0 Å². The van der Waals surface area contributed by atoms with Crippen molar-refractivity contribution in [3.05, 3.63) is 41.0 Å². The van der Waals surface area contributed by atoms with Crippen LogP contribution in [0.1, 0.15) is 37.5 Å². The van der Waals surface area contributed by atoms with Crippen LogP contribution in [-0.4, -0.2) is 45.6 Å². The third kappa shape index (κ3) is 10.2. The highest BCUT2D eigenvalue weighted by atomic mass is 16.6. The van der Waals surface area contributed by atoms with Crippen molar-refractivity contribution in [2.75, 3.05) is 39.6 Å². The lowest BCUT2D eigenvalue weighted by Gasteiger charge is -2.13. The highest BCUT2D eigenvalue weighted by Crippen LogP contribution is 2.24. The van der Waals surface area contributed by atoms with Gasteiger partial charge in [-0.05, 0) is 38.8 Å². The van der Waals surface area contributed by atoms with Gasteiger partial charge >= 0.3 is 5.97 Å². The van der Waals surface area contributed by atoms with Gasteiger partial charge in [0.15, 0.2) is 0 Å². The molecule has 0 aliphatic heterocycles. The van der Waals surface area contributed by atoms with Crippen LogP contribution in [0.4, 0.5) is 0 Å². The van der Waals surface area contributed by atoms with Crippen molar-refractivity contribution in [1.29, 1.82) is 0 Å². The number of hydrogen-bond acceptors (Lipinski definition) is 5. The fourth-order valence-corrected chi connectivity index (χ4v) is 2.24. The molecule has 0 unspecified atom stereocenters. The fourth-order valence-electron chi connectivity index (χ4n) is 2.24. The lowest BCUT2D eigenvalue weighted by Crippen LogP contribution is -2.14. The minimum absolute atomic E-state index is 0.223.